The third kappa shape index (κ3) is 4.26. The molecule has 0 atom stereocenters. The number of anilines is 5. The summed E-state index contributed by atoms with van der Waals surface area (Å²) in [6.07, 6.45) is 3.03. The van der Waals surface area contributed by atoms with Crippen LogP contribution in [0.4, 0.5) is 28.7 Å². The van der Waals surface area contributed by atoms with Crippen molar-refractivity contribution in [3.63, 3.8) is 0 Å². The standard InChI is InChI=1S/C31H23N5/c1-2-13-25(14-3-1)36(31-33-21-32-22-34-31)26-15-9-12-24(20-26)35-30-19-7-6-17-29(30)28-18-8-11-23-10-4-5-16-27(23)28/h1-22,35H. The van der Waals surface area contributed by atoms with Crippen LogP contribution in [0, 0.1) is 0 Å². The van der Waals surface area contributed by atoms with E-state index in [4.69, 9.17) is 0 Å². The van der Waals surface area contributed by atoms with Gasteiger partial charge in [-0.15, -0.1) is 0 Å². The number of nitrogens with zero attached hydrogens (tertiary/aromatic N) is 4. The summed E-state index contributed by atoms with van der Waals surface area (Å²) in [5.41, 5.74) is 6.27. The molecule has 6 rings (SSSR count). The first kappa shape index (κ1) is 21.5. The molecule has 1 aromatic heterocycles. The quantitative estimate of drug-likeness (QED) is 0.271. The zero-order valence-electron chi connectivity index (χ0n) is 19.5. The van der Waals surface area contributed by atoms with E-state index in [1.54, 1.807) is 0 Å². The second kappa shape index (κ2) is 9.68. The average Bonchev–Trinajstić information content (AvgIpc) is 2.95. The number of benzene rings is 5. The van der Waals surface area contributed by atoms with Crippen LogP contribution in [-0.4, -0.2) is 15.0 Å². The molecule has 0 saturated heterocycles. The summed E-state index contributed by atoms with van der Waals surface area (Å²) in [6.45, 7) is 0. The maximum absolute atomic E-state index is 4.41. The van der Waals surface area contributed by atoms with Crippen molar-refractivity contribution in [2.75, 3.05) is 10.2 Å². The van der Waals surface area contributed by atoms with Crippen LogP contribution >= 0.6 is 0 Å². The van der Waals surface area contributed by atoms with Crippen LogP contribution in [0.3, 0.4) is 0 Å². The van der Waals surface area contributed by atoms with Crippen molar-refractivity contribution in [3.05, 3.63) is 134 Å². The molecule has 0 unspecified atom stereocenters. The zero-order chi connectivity index (χ0) is 24.2. The Bertz CT molecular complexity index is 1570. The SMILES string of the molecule is c1ccc(N(c2cccc(Nc3ccccc3-c3cccc4ccccc34)c2)c2ncncn2)cc1. The molecule has 0 spiro atoms. The van der Waals surface area contributed by atoms with Gasteiger partial charge >= 0.3 is 0 Å². The molecular formula is C31H23N5. The van der Waals surface area contributed by atoms with E-state index in [0.29, 0.717) is 5.95 Å². The Hall–Kier alpha value is -5.03. The van der Waals surface area contributed by atoms with E-state index in [2.05, 4.69) is 105 Å². The number of nitrogens with one attached hydrogen (secondary N) is 1. The number of hydrogen-bond acceptors (Lipinski definition) is 5. The van der Waals surface area contributed by atoms with Crippen LogP contribution in [0.2, 0.25) is 0 Å². The second-order valence-electron chi connectivity index (χ2n) is 8.36. The molecule has 0 fully saturated rings. The molecule has 0 amide bonds. The van der Waals surface area contributed by atoms with Gasteiger partial charge in [0.15, 0.2) is 0 Å². The van der Waals surface area contributed by atoms with Crippen molar-refractivity contribution < 1.29 is 0 Å². The minimum Gasteiger partial charge on any atom is -0.355 e. The van der Waals surface area contributed by atoms with E-state index in [0.717, 1.165) is 28.3 Å². The molecule has 0 saturated carbocycles. The molecule has 5 aromatic carbocycles. The molecule has 0 aliphatic carbocycles. The maximum atomic E-state index is 4.41. The predicted octanol–water partition coefficient (Wildman–Crippen LogP) is 7.91. The number of fused-ring (bicyclic) bond motifs is 1. The van der Waals surface area contributed by atoms with Gasteiger partial charge in [-0.3, -0.25) is 4.90 Å². The Kier molecular flexibility index (Phi) is 5.78. The third-order valence-electron chi connectivity index (χ3n) is 6.08. The molecule has 1 heterocycles. The molecule has 0 aliphatic heterocycles. The smallest absolute Gasteiger partial charge is 0.237 e. The fourth-order valence-corrected chi connectivity index (χ4v) is 4.47. The highest BCUT2D eigenvalue weighted by Gasteiger charge is 2.15. The van der Waals surface area contributed by atoms with Gasteiger partial charge in [-0.1, -0.05) is 84.9 Å². The lowest BCUT2D eigenvalue weighted by Crippen LogP contribution is -2.13. The normalized spacial score (nSPS) is 10.8. The van der Waals surface area contributed by atoms with Gasteiger partial charge in [0.25, 0.3) is 0 Å². The average molecular weight is 466 g/mol. The highest BCUT2D eigenvalue weighted by Crippen LogP contribution is 2.37. The fraction of sp³-hybridized carbons (Fsp3) is 0. The largest absolute Gasteiger partial charge is 0.355 e. The first-order valence-electron chi connectivity index (χ1n) is 11.8. The van der Waals surface area contributed by atoms with Gasteiger partial charge in [-0.2, -0.15) is 0 Å². The Labute approximate surface area is 209 Å². The molecule has 0 radical (unpaired) electrons. The summed E-state index contributed by atoms with van der Waals surface area (Å²) in [4.78, 5) is 14.8. The molecule has 0 bridgehead atoms. The van der Waals surface area contributed by atoms with E-state index in [1.165, 1.54) is 29.0 Å². The first-order chi connectivity index (χ1) is 17.9. The van der Waals surface area contributed by atoms with Crippen LogP contribution in [0.1, 0.15) is 0 Å². The lowest BCUT2D eigenvalue weighted by atomic mass is 9.97. The number of rotatable bonds is 6. The Morgan fingerprint density at radius 1 is 0.556 bits per heavy atom. The van der Waals surface area contributed by atoms with Crippen molar-refractivity contribution in [3.8, 4) is 11.1 Å². The van der Waals surface area contributed by atoms with Crippen molar-refractivity contribution in [2.24, 2.45) is 0 Å². The van der Waals surface area contributed by atoms with Crippen molar-refractivity contribution in [2.45, 2.75) is 0 Å². The Morgan fingerprint density at radius 3 is 2.11 bits per heavy atom. The van der Waals surface area contributed by atoms with Gasteiger partial charge in [0.05, 0.1) is 5.69 Å². The summed E-state index contributed by atoms with van der Waals surface area (Å²) in [5, 5.41) is 6.11. The minimum absolute atomic E-state index is 0.560. The number of hydrogen-bond donors (Lipinski definition) is 1. The summed E-state index contributed by atoms with van der Waals surface area (Å²) >= 11 is 0. The van der Waals surface area contributed by atoms with E-state index in [1.807, 2.05) is 41.3 Å². The van der Waals surface area contributed by atoms with E-state index < -0.39 is 0 Å². The molecule has 36 heavy (non-hydrogen) atoms. The lowest BCUT2D eigenvalue weighted by Gasteiger charge is -2.23. The minimum atomic E-state index is 0.560. The maximum Gasteiger partial charge on any atom is 0.237 e. The molecule has 0 aliphatic rings. The van der Waals surface area contributed by atoms with Gasteiger partial charge in [0.1, 0.15) is 12.7 Å². The lowest BCUT2D eigenvalue weighted by molar-refractivity contribution is 1.01. The van der Waals surface area contributed by atoms with Crippen LogP contribution < -0.4 is 10.2 Å². The van der Waals surface area contributed by atoms with Crippen LogP contribution in [0.15, 0.2) is 134 Å². The van der Waals surface area contributed by atoms with Crippen LogP contribution in [0.25, 0.3) is 21.9 Å². The number of aromatic nitrogens is 3. The van der Waals surface area contributed by atoms with E-state index in [9.17, 15) is 0 Å². The Balaban J connectivity index is 1.40. The van der Waals surface area contributed by atoms with E-state index >= 15 is 0 Å². The van der Waals surface area contributed by atoms with Crippen LogP contribution in [-0.2, 0) is 0 Å². The zero-order valence-corrected chi connectivity index (χ0v) is 19.5. The van der Waals surface area contributed by atoms with Crippen molar-refractivity contribution in [1.82, 2.24) is 15.0 Å². The molecule has 1 N–H and O–H groups in total. The van der Waals surface area contributed by atoms with Crippen molar-refractivity contribution >= 4 is 39.5 Å². The summed E-state index contributed by atoms with van der Waals surface area (Å²) in [6, 6.07) is 41.7. The predicted molar refractivity (Wildman–Crippen MR) is 147 cm³/mol. The summed E-state index contributed by atoms with van der Waals surface area (Å²) in [5.74, 6) is 0.560. The highest BCUT2D eigenvalue weighted by molar-refractivity contribution is 6.00. The monoisotopic (exact) mass is 465 g/mol. The van der Waals surface area contributed by atoms with Gasteiger partial charge in [0.2, 0.25) is 5.95 Å². The molecular weight excluding hydrogens is 442 g/mol. The summed E-state index contributed by atoms with van der Waals surface area (Å²) in [7, 11) is 0. The molecule has 6 aromatic rings. The van der Waals surface area contributed by atoms with Gasteiger partial charge in [-0.25, -0.2) is 15.0 Å². The third-order valence-corrected chi connectivity index (χ3v) is 6.08. The molecule has 5 heteroatoms. The van der Waals surface area contributed by atoms with Gasteiger partial charge in [-0.05, 0) is 52.7 Å². The molecule has 172 valence electrons. The number of para-hydroxylation sites is 2. The van der Waals surface area contributed by atoms with Gasteiger partial charge < -0.3 is 5.32 Å². The summed E-state index contributed by atoms with van der Waals surface area (Å²) < 4.78 is 0. The van der Waals surface area contributed by atoms with E-state index in [-0.39, 0.29) is 0 Å². The van der Waals surface area contributed by atoms with Gasteiger partial charge in [0, 0.05) is 22.6 Å². The first-order valence-corrected chi connectivity index (χ1v) is 11.8. The highest BCUT2D eigenvalue weighted by atomic mass is 15.3. The topological polar surface area (TPSA) is 53.9 Å². The fourth-order valence-electron chi connectivity index (χ4n) is 4.47. The Morgan fingerprint density at radius 2 is 1.22 bits per heavy atom. The van der Waals surface area contributed by atoms with Crippen LogP contribution in [0.5, 0.6) is 0 Å². The van der Waals surface area contributed by atoms with Crippen molar-refractivity contribution in [1.29, 1.82) is 0 Å². The molecule has 5 nitrogen and oxygen atoms in total. The second-order valence-corrected chi connectivity index (χ2v) is 8.36.